The summed E-state index contributed by atoms with van der Waals surface area (Å²) in [6, 6.07) is 8.99. The zero-order valence-electron chi connectivity index (χ0n) is 16.3. The van der Waals surface area contributed by atoms with E-state index >= 15 is 0 Å². The molecule has 4 aromatic rings. The van der Waals surface area contributed by atoms with Gasteiger partial charge in [-0.2, -0.15) is 0 Å². The number of rotatable bonds is 6. The minimum atomic E-state index is -0.830. The maximum atomic E-state index is 11.9. The van der Waals surface area contributed by atoms with Crippen LogP contribution in [-0.4, -0.2) is 34.8 Å². The average molecular weight is 428 g/mol. The van der Waals surface area contributed by atoms with Crippen molar-refractivity contribution in [3.05, 3.63) is 53.3 Å². The predicted octanol–water partition coefficient (Wildman–Crippen LogP) is 5.24. The number of nitrogens with zero attached hydrogens (tertiary/aromatic N) is 2. The van der Waals surface area contributed by atoms with E-state index in [1.54, 1.807) is 32.4 Å². The molecule has 0 aliphatic rings. The summed E-state index contributed by atoms with van der Waals surface area (Å²) in [5, 5.41) is 2.07. The number of aromatic nitrogens is 3. The van der Waals surface area contributed by atoms with Crippen LogP contribution in [0.1, 0.15) is 12.5 Å². The van der Waals surface area contributed by atoms with Crippen molar-refractivity contribution < 1.29 is 23.7 Å². The smallest absolute Gasteiger partial charge is 0.438 e. The van der Waals surface area contributed by atoms with Gasteiger partial charge in [0.25, 0.3) is 0 Å². The molecule has 3 aromatic heterocycles. The zero-order chi connectivity index (χ0) is 21.1. The third-order valence-corrected chi connectivity index (χ3v) is 4.55. The van der Waals surface area contributed by atoms with E-state index in [1.807, 2.05) is 18.2 Å². The Labute approximate surface area is 176 Å². The minimum Gasteiger partial charge on any atom is -0.438 e. The van der Waals surface area contributed by atoms with Gasteiger partial charge < -0.3 is 23.9 Å². The van der Waals surface area contributed by atoms with Crippen LogP contribution < -0.4 is 9.47 Å². The molecule has 0 atom stereocenters. The molecule has 4 rings (SSSR count). The maximum absolute atomic E-state index is 11.9. The van der Waals surface area contributed by atoms with E-state index in [-0.39, 0.29) is 19.1 Å². The highest BCUT2D eigenvalue weighted by atomic mass is 35.5. The molecular formula is C21H18ClN3O5. The predicted molar refractivity (Wildman–Crippen MR) is 111 cm³/mol. The Morgan fingerprint density at radius 1 is 1.10 bits per heavy atom. The summed E-state index contributed by atoms with van der Waals surface area (Å²) >= 11 is 5.91. The van der Waals surface area contributed by atoms with Crippen LogP contribution in [-0.2, 0) is 16.1 Å². The second kappa shape index (κ2) is 8.56. The third kappa shape index (κ3) is 3.87. The number of ether oxygens (including phenoxy) is 4. The molecule has 0 saturated carbocycles. The summed E-state index contributed by atoms with van der Waals surface area (Å²) in [5.74, 6) is 1.08. The average Bonchev–Trinajstić information content (AvgIpc) is 3.11. The molecule has 0 unspecified atom stereocenters. The van der Waals surface area contributed by atoms with Crippen molar-refractivity contribution >= 4 is 39.6 Å². The Hall–Kier alpha value is -3.36. The standard InChI is InChI=1S/C21H18ClN3O5/c1-3-28-21(26)30-20-13(11-27-2)18-15(10-24-20)25-14-5-4-6-16(19(14)18)29-17-8-7-12(22)9-23-17/h4-10,25H,3,11H2,1-2H3. The van der Waals surface area contributed by atoms with Crippen molar-refractivity contribution in [3.63, 3.8) is 0 Å². The van der Waals surface area contributed by atoms with Crippen LogP contribution in [0.3, 0.4) is 0 Å². The van der Waals surface area contributed by atoms with Gasteiger partial charge in [0.2, 0.25) is 11.8 Å². The summed E-state index contributed by atoms with van der Waals surface area (Å²) in [7, 11) is 1.55. The number of nitrogens with one attached hydrogen (secondary N) is 1. The normalized spacial score (nSPS) is 11.0. The number of hydrogen-bond acceptors (Lipinski definition) is 7. The van der Waals surface area contributed by atoms with Crippen LogP contribution in [0.5, 0.6) is 17.5 Å². The second-order valence-corrected chi connectivity index (χ2v) is 6.71. The Morgan fingerprint density at radius 3 is 2.70 bits per heavy atom. The van der Waals surface area contributed by atoms with Crippen molar-refractivity contribution in [2.45, 2.75) is 13.5 Å². The molecule has 154 valence electrons. The molecule has 0 radical (unpaired) electrons. The minimum absolute atomic E-state index is 0.114. The number of hydrogen-bond donors (Lipinski definition) is 1. The molecule has 0 bridgehead atoms. The van der Waals surface area contributed by atoms with Crippen molar-refractivity contribution in [1.29, 1.82) is 0 Å². The maximum Gasteiger partial charge on any atom is 0.515 e. The highest BCUT2D eigenvalue weighted by molar-refractivity contribution is 6.30. The number of methoxy groups -OCH3 is 1. The molecule has 8 nitrogen and oxygen atoms in total. The van der Waals surface area contributed by atoms with E-state index in [0.717, 1.165) is 21.8 Å². The first kappa shape index (κ1) is 19.9. The van der Waals surface area contributed by atoms with Gasteiger partial charge in [0, 0.05) is 24.8 Å². The number of aromatic amines is 1. The molecule has 0 amide bonds. The molecule has 1 aromatic carbocycles. The number of carbonyl (C=O) groups excluding carboxylic acids is 1. The number of H-pyrrole nitrogens is 1. The lowest BCUT2D eigenvalue weighted by molar-refractivity contribution is 0.101. The highest BCUT2D eigenvalue weighted by Gasteiger charge is 2.20. The van der Waals surface area contributed by atoms with Gasteiger partial charge in [-0.1, -0.05) is 17.7 Å². The van der Waals surface area contributed by atoms with Gasteiger partial charge in [-0.3, -0.25) is 0 Å². The fourth-order valence-electron chi connectivity index (χ4n) is 3.17. The first-order valence-corrected chi connectivity index (χ1v) is 9.53. The first-order chi connectivity index (χ1) is 14.6. The fraction of sp³-hybridized carbons (Fsp3) is 0.190. The topological polar surface area (TPSA) is 95.6 Å². The highest BCUT2D eigenvalue weighted by Crippen LogP contribution is 2.39. The van der Waals surface area contributed by atoms with E-state index < -0.39 is 6.16 Å². The van der Waals surface area contributed by atoms with Gasteiger partial charge in [0.1, 0.15) is 5.75 Å². The molecule has 3 heterocycles. The Bertz CT molecular complexity index is 1210. The quantitative estimate of drug-likeness (QED) is 0.420. The largest absolute Gasteiger partial charge is 0.515 e. The number of halogens is 1. The van der Waals surface area contributed by atoms with Crippen molar-refractivity contribution in [3.8, 4) is 17.5 Å². The summed E-state index contributed by atoms with van der Waals surface area (Å²) in [6.07, 6.45) is 2.27. The lowest BCUT2D eigenvalue weighted by Gasteiger charge is -2.11. The number of carbonyl (C=O) groups is 1. The van der Waals surface area contributed by atoms with E-state index in [9.17, 15) is 4.79 Å². The van der Waals surface area contributed by atoms with Gasteiger partial charge in [-0.25, -0.2) is 14.8 Å². The van der Waals surface area contributed by atoms with Crippen LogP contribution >= 0.6 is 11.6 Å². The Kier molecular flexibility index (Phi) is 5.69. The molecular weight excluding hydrogens is 410 g/mol. The van der Waals surface area contributed by atoms with Crippen LogP contribution in [0.15, 0.2) is 42.7 Å². The van der Waals surface area contributed by atoms with E-state index in [4.69, 9.17) is 30.5 Å². The number of fused-ring (bicyclic) bond motifs is 3. The molecule has 0 aliphatic heterocycles. The summed E-state index contributed by atoms with van der Waals surface area (Å²) in [5.41, 5.74) is 2.16. The summed E-state index contributed by atoms with van der Waals surface area (Å²) in [6.45, 7) is 2.06. The molecule has 30 heavy (non-hydrogen) atoms. The molecule has 0 saturated heterocycles. The van der Waals surface area contributed by atoms with Crippen LogP contribution in [0.25, 0.3) is 21.8 Å². The molecule has 0 aliphatic carbocycles. The zero-order valence-corrected chi connectivity index (χ0v) is 17.0. The number of pyridine rings is 2. The van der Waals surface area contributed by atoms with Gasteiger partial charge in [0.15, 0.2) is 0 Å². The Balaban J connectivity index is 1.88. The lowest BCUT2D eigenvalue weighted by atomic mass is 10.1. The third-order valence-electron chi connectivity index (χ3n) is 4.33. The van der Waals surface area contributed by atoms with Crippen LogP contribution in [0.2, 0.25) is 5.02 Å². The SMILES string of the molecule is CCOC(=O)Oc1ncc2[nH]c3cccc(Oc4ccc(Cl)cn4)c3c2c1COC. The monoisotopic (exact) mass is 427 g/mol. The number of benzene rings is 1. The fourth-order valence-corrected chi connectivity index (χ4v) is 3.28. The van der Waals surface area contributed by atoms with Crippen LogP contribution in [0, 0.1) is 0 Å². The molecule has 1 N–H and O–H groups in total. The van der Waals surface area contributed by atoms with E-state index in [1.165, 1.54) is 6.20 Å². The Morgan fingerprint density at radius 2 is 1.97 bits per heavy atom. The van der Waals surface area contributed by atoms with Gasteiger partial charge in [0.05, 0.1) is 46.4 Å². The molecule has 9 heteroatoms. The summed E-state index contributed by atoms with van der Waals surface area (Å²) < 4.78 is 21.6. The van der Waals surface area contributed by atoms with Crippen molar-refractivity contribution in [2.24, 2.45) is 0 Å². The van der Waals surface area contributed by atoms with Gasteiger partial charge in [-0.15, -0.1) is 0 Å². The molecule has 0 spiro atoms. The van der Waals surface area contributed by atoms with Gasteiger partial charge >= 0.3 is 6.16 Å². The van der Waals surface area contributed by atoms with E-state index in [2.05, 4.69) is 15.0 Å². The molecule has 0 fully saturated rings. The lowest BCUT2D eigenvalue weighted by Crippen LogP contribution is -2.12. The van der Waals surface area contributed by atoms with Crippen molar-refractivity contribution in [1.82, 2.24) is 15.0 Å². The summed E-state index contributed by atoms with van der Waals surface area (Å²) in [4.78, 5) is 23.6. The van der Waals surface area contributed by atoms with E-state index in [0.29, 0.717) is 22.2 Å². The second-order valence-electron chi connectivity index (χ2n) is 6.27. The van der Waals surface area contributed by atoms with Crippen molar-refractivity contribution in [2.75, 3.05) is 13.7 Å². The first-order valence-electron chi connectivity index (χ1n) is 9.16. The van der Waals surface area contributed by atoms with Gasteiger partial charge in [-0.05, 0) is 25.1 Å². The van der Waals surface area contributed by atoms with Crippen LogP contribution in [0.4, 0.5) is 4.79 Å².